The highest BCUT2D eigenvalue weighted by Gasteiger charge is 2.30. The van der Waals surface area contributed by atoms with Crippen LogP contribution >= 0.6 is 0 Å². The minimum Gasteiger partial charge on any atom is -0.469 e. The standard InChI is InChI=1S/C12H18O3/c1-3-5-11(12(14)15-2)9-6-4-7-10(13)8-9/h3,5,9,11H,4,6-8H2,1-2H3/b5-3+/t9-,11-/m1/s1. The van der Waals surface area contributed by atoms with Gasteiger partial charge in [-0.05, 0) is 25.7 Å². The Kier molecular flexibility index (Phi) is 4.53. The number of ketones is 1. The molecular formula is C12H18O3. The minimum atomic E-state index is -0.246. The summed E-state index contributed by atoms with van der Waals surface area (Å²) in [5.41, 5.74) is 0. The van der Waals surface area contributed by atoms with E-state index in [1.54, 1.807) is 0 Å². The lowest BCUT2D eigenvalue weighted by atomic mass is 9.79. The average molecular weight is 210 g/mol. The van der Waals surface area contributed by atoms with Crippen molar-refractivity contribution in [3.8, 4) is 0 Å². The molecule has 3 heteroatoms. The van der Waals surface area contributed by atoms with Gasteiger partial charge in [-0.1, -0.05) is 12.2 Å². The zero-order valence-corrected chi connectivity index (χ0v) is 9.36. The van der Waals surface area contributed by atoms with Gasteiger partial charge >= 0.3 is 5.97 Å². The molecule has 0 saturated heterocycles. The van der Waals surface area contributed by atoms with Crippen LogP contribution in [0.4, 0.5) is 0 Å². The maximum absolute atomic E-state index is 11.5. The normalized spacial score (nSPS) is 24.1. The molecule has 1 aliphatic carbocycles. The number of methoxy groups -OCH3 is 1. The Morgan fingerprint density at radius 3 is 2.87 bits per heavy atom. The van der Waals surface area contributed by atoms with Crippen molar-refractivity contribution in [3.63, 3.8) is 0 Å². The van der Waals surface area contributed by atoms with E-state index >= 15 is 0 Å². The first-order valence-electron chi connectivity index (χ1n) is 5.41. The minimum absolute atomic E-state index is 0.134. The van der Waals surface area contributed by atoms with E-state index < -0.39 is 0 Å². The van der Waals surface area contributed by atoms with Crippen LogP contribution < -0.4 is 0 Å². The topological polar surface area (TPSA) is 43.4 Å². The molecule has 0 aromatic heterocycles. The molecule has 0 heterocycles. The fraction of sp³-hybridized carbons (Fsp3) is 0.667. The Morgan fingerprint density at radius 1 is 1.60 bits per heavy atom. The molecular weight excluding hydrogens is 192 g/mol. The van der Waals surface area contributed by atoms with Crippen LogP contribution in [0, 0.1) is 11.8 Å². The third-order valence-corrected chi connectivity index (χ3v) is 2.90. The number of Topliss-reactive ketones (excluding diaryl/α,β-unsaturated/α-hetero) is 1. The van der Waals surface area contributed by atoms with Crippen molar-refractivity contribution in [2.24, 2.45) is 11.8 Å². The van der Waals surface area contributed by atoms with Crippen molar-refractivity contribution < 1.29 is 14.3 Å². The van der Waals surface area contributed by atoms with Gasteiger partial charge in [0, 0.05) is 12.8 Å². The Morgan fingerprint density at radius 2 is 2.33 bits per heavy atom. The van der Waals surface area contributed by atoms with E-state index in [0.717, 1.165) is 12.8 Å². The Balaban J connectivity index is 2.70. The molecule has 0 aromatic carbocycles. The quantitative estimate of drug-likeness (QED) is 0.529. The number of allylic oxidation sites excluding steroid dienone is 1. The van der Waals surface area contributed by atoms with Gasteiger partial charge in [-0.3, -0.25) is 9.59 Å². The van der Waals surface area contributed by atoms with Gasteiger partial charge in [-0.2, -0.15) is 0 Å². The van der Waals surface area contributed by atoms with Gasteiger partial charge < -0.3 is 4.74 Å². The molecule has 3 nitrogen and oxygen atoms in total. The highest BCUT2D eigenvalue weighted by Crippen LogP contribution is 2.29. The number of carbonyl (C=O) groups excluding carboxylic acids is 2. The van der Waals surface area contributed by atoms with Gasteiger partial charge in [-0.25, -0.2) is 0 Å². The van der Waals surface area contributed by atoms with E-state index in [0.29, 0.717) is 12.8 Å². The number of rotatable bonds is 3. The van der Waals surface area contributed by atoms with Crippen LogP contribution in [0.25, 0.3) is 0 Å². The second-order valence-corrected chi connectivity index (χ2v) is 3.97. The number of ether oxygens (including phenoxy) is 1. The molecule has 0 amide bonds. The number of esters is 1. The first kappa shape index (κ1) is 12.0. The van der Waals surface area contributed by atoms with Crippen LogP contribution in [-0.2, 0) is 14.3 Å². The van der Waals surface area contributed by atoms with E-state index in [2.05, 4.69) is 0 Å². The molecule has 0 aromatic rings. The number of hydrogen-bond donors (Lipinski definition) is 0. The lowest BCUT2D eigenvalue weighted by Crippen LogP contribution is -2.28. The van der Waals surface area contributed by atoms with Crippen LogP contribution in [0.15, 0.2) is 12.2 Å². The molecule has 0 spiro atoms. The second-order valence-electron chi connectivity index (χ2n) is 3.97. The monoisotopic (exact) mass is 210 g/mol. The Hall–Kier alpha value is -1.12. The third kappa shape index (κ3) is 3.18. The van der Waals surface area contributed by atoms with Crippen molar-refractivity contribution in [1.29, 1.82) is 0 Å². The van der Waals surface area contributed by atoms with E-state index in [4.69, 9.17) is 4.74 Å². The summed E-state index contributed by atoms with van der Waals surface area (Å²) in [5.74, 6) is -0.0726. The largest absolute Gasteiger partial charge is 0.469 e. The summed E-state index contributed by atoms with van der Waals surface area (Å²) in [6.07, 6.45) is 6.71. The average Bonchev–Trinajstić information content (AvgIpc) is 2.25. The first-order valence-corrected chi connectivity index (χ1v) is 5.41. The Bertz CT molecular complexity index is 268. The van der Waals surface area contributed by atoms with E-state index in [-0.39, 0.29) is 23.6 Å². The molecule has 0 N–H and O–H groups in total. The molecule has 0 unspecified atom stereocenters. The molecule has 15 heavy (non-hydrogen) atoms. The molecule has 0 aliphatic heterocycles. The summed E-state index contributed by atoms with van der Waals surface area (Å²) in [6, 6.07) is 0. The summed E-state index contributed by atoms with van der Waals surface area (Å²) in [7, 11) is 1.39. The van der Waals surface area contributed by atoms with Crippen LogP contribution in [0.3, 0.4) is 0 Å². The fourth-order valence-electron chi connectivity index (χ4n) is 2.14. The van der Waals surface area contributed by atoms with Crippen molar-refractivity contribution in [3.05, 3.63) is 12.2 Å². The predicted octanol–water partition coefficient (Wildman–Crippen LogP) is 2.11. The van der Waals surface area contributed by atoms with Crippen molar-refractivity contribution >= 4 is 11.8 Å². The highest BCUT2D eigenvalue weighted by molar-refractivity contribution is 5.81. The molecule has 1 fully saturated rings. The van der Waals surface area contributed by atoms with Gasteiger partial charge in [0.2, 0.25) is 0 Å². The zero-order valence-electron chi connectivity index (χ0n) is 9.36. The van der Waals surface area contributed by atoms with Gasteiger partial charge in [0.1, 0.15) is 5.78 Å². The van der Waals surface area contributed by atoms with Crippen LogP contribution in [0.1, 0.15) is 32.6 Å². The molecule has 84 valence electrons. The Labute approximate surface area is 90.5 Å². The molecule has 0 radical (unpaired) electrons. The van der Waals surface area contributed by atoms with E-state index in [1.807, 2.05) is 19.1 Å². The van der Waals surface area contributed by atoms with Crippen molar-refractivity contribution in [2.45, 2.75) is 32.6 Å². The zero-order chi connectivity index (χ0) is 11.3. The van der Waals surface area contributed by atoms with Crippen molar-refractivity contribution in [2.75, 3.05) is 7.11 Å². The van der Waals surface area contributed by atoms with Gasteiger partial charge in [0.05, 0.1) is 13.0 Å². The lowest BCUT2D eigenvalue weighted by molar-refractivity contribution is -0.146. The van der Waals surface area contributed by atoms with E-state index in [1.165, 1.54) is 7.11 Å². The van der Waals surface area contributed by atoms with E-state index in [9.17, 15) is 9.59 Å². The summed E-state index contributed by atoms with van der Waals surface area (Å²) in [4.78, 5) is 22.8. The fourth-order valence-corrected chi connectivity index (χ4v) is 2.14. The third-order valence-electron chi connectivity index (χ3n) is 2.90. The van der Waals surface area contributed by atoms with Crippen molar-refractivity contribution in [1.82, 2.24) is 0 Å². The van der Waals surface area contributed by atoms with Crippen LogP contribution in [0.2, 0.25) is 0 Å². The van der Waals surface area contributed by atoms with Crippen LogP contribution in [-0.4, -0.2) is 18.9 Å². The van der Waals surface area contributed by atoms with Gasteiger partial charge in [-0.15, -0.1) is 0 Å². The summed E-state index contributed by atoms with van der Waals surface area (Å²) in [5, 5.41) is 0. The van der Waals surface area contributed by atoms with Gasteiger partial charge in [0.25, 0.3) is 0 Å². The summed E-state index contributed by atoms with van der Waals surface area (Å²) in [6.45, 7) is 1.88. The maximum Gasteiger partial charge on any atom is 0.312 e. The van der Waals surface area contributed by atoms with Gasteiger partial charge in [0.15, 0.2) is 0 Å². The SMILES string of the molecule is C/C=C/[C@@H](C(=O)OC)[C@@H]1CCCC(=O)C1. The summed E-state index contributed by atoms with van der Waals surface area (Å²) >= 11 is 0. The maximum atomic E-state index is 11.5. The predicted molar refractivity (Wildman–Crippen MR) is 57.3 cm³/mol. The number of carbonyl (C=O) groups is 2. The summed E-state index contributed by atoms with van der Waals surface area (Å²) < 4.78 is 4.75. The second kappa shape index (κ2) is 5.69. The molecule has 2 atom stereocenters. The molecule has 1 aliphatic rings. The molecule has 1 saturated carbocycles. The lowest BCUT2D eigenvalue weighted by Gasteiger charge is -2.25. The molecule has 0 bridgehead atoms. The highest BCUT2D eigenvalue weighted by atomic mass is 16.5. The van der Waals surface area contributed by atoms with Crippen LogP contribution in [0.5, 0.6) is 0 Å². The first-order chi connectivity index (χ1) is 7.19. The molecule has 1 rings (SSSR count). The number of hydrogen-bond acceptors (Lipinski definition) is 3. The smallest absolute Gasteiger partial charge is 0.312 e.